The van der Waals surface area contributed by atoms with Crippen LogP contribution in [0.15, 0.2) is 54.6 Å². The number of ether oxygens (including phenoxy) is 1. The first-order valence-corrected chi connectivity index (χ1v) is 13.2. The highest BCUT2D eigenvalue weighted by atomic mass is 32.1. The minimum atomic E-state index is -0.846. The summed E-state index contributed by atoms with van der Waals surface area (Å²) in [6, 6.07) is 18.7. The Morgan fingerprint density at radius 2 is 1.97 bits per heavy atom. The summed E-state index contributed by atoms with van der Waals surface area (Å²) in [4.78, 5) is 16.9. The van der Waals surface area contributed by atoms with Crippen LogP contribution in [0.4, 0.5) is 0 Å². The fourth-order valence-electron chi connectivity index (χ4n) is 4.76. The predicted octanol–water partition coefficient (Wildman–Crippen LogP) is 6.34. The quantitative estimate of drug-likeness (QED) is 0.359. The molecule has 0 unspecified atom stereocenters. The van der Waals surface area contributed by atoms with E-state index in [0.29, 0.717) is 6.61 Å². The zero-order valence-corrected chi connectivity index (χ0v) is 20.9. The molecule has 2 heterocycles. The molecule has 0 spiro atoms. The van der Waals surface area contributed by atoms with Crippen molar-refractivity contribution in [3.05, 3.63) is 86.6 Å². The lowest BCUT2D eigenvalue weighted by Crippen LogP contribution is -2.29. The first kappa shape index (κ1) is 23.7. The molecule has 5 heteroatoms. The van der Waals surface area contributed by atoms with E-state index in [4.69, 9.17) is 9.84 Å². The number of carbonyl (C=O) groups is 1. The molecule has 1 N–H and O–H groups in total. The number of hydrogen-bond donors (Lipinski definition) is 1. The SMILES string of the molecule is CC#C[C@@H](CC(=O)O)c1ccc(OCc2cccc(CN3CCc4sc(C5CC5)cc4C3)c2)cc1. The van der Waals surface area contributed by atoms with Crippen LogP contribution in [-0.2, 0) is 30.9 Å². The van der Waals surface area contributed by atoms with Gasteiger partial charge in [0, 0.05) is 29.4 Å². The topological polar surface area (TPSA) is 49.8 Å². The van der Waals surface area contributed by atoms with E-state index < -0.39 is 5.97 Å². The van der Waals surface area contributed by atoms with Crippen molar-refractivity contribution < 1.29 is 14.6 Å². The van der Waals surface area contributed by atoms with Crippen LogP contribution in [0.25, 0.3) is 0 Å². The maximum absolute atomic E-state index is 11.1. The number of hydrogen-bond acceptors (Lipinski definition) is 4. The number of carboxylic acid groups (broad SMARTS) is 1. The summed E-state index contributed by atoms with van der Waals surface area (Å²) < 4.78 is 6.03. The van der Waals surface area contributed by atoms with Crippen molar-refractivity contribution in [1.82, 2.24) is 4.90 Å². The van der Waals surface area contributed by atoms with Gasteiger partial charge in [-0.15, -0.1) is 17.3 Å². The molecule has 3 aromatic rings. The Bertz CT molecular complexity index is 1250. The van der Waals surface area contributed by atoms with Crippen LogP contribution in [0.5, 0.6) is 5.75 Å². The first-order chi connectivity index (χ1) is 17.1. The lowest BCUT2D eigenvalue weighted by atomic mass is 9.96. The van der Waals surface area contributed by atoms with Gasteiger partial charge >= 0.3 is 5.97 Å². The Labute approximate surface area is 211 Å². The maximum atomic E-state index is 11.1. The molecule has 0 radical (unpaired) electrons. The molecule has 2 aliphatic rings. The molecular formula is C30H31NO3S. The van der Waals surface area contributed by atoms with E-state index in [1.807, 2.05) is 24.3 Å². The van der Waals surface area contributed by atoms with Crippen LogP contribution in [0.2, 0.25) is 0 Å². The number of benzene rings is 2. The molecule has 0 bridgehead atoms. The normalized spacial score (nSPS) is 16.1. The molecule has 1 saturated carbocycles. The molecule has 35 heavy (non-hydrogen) atoms. The number of carboxylic acids is 1. The van der Waals surface area contributed by atoms with E-state index in [-0.39, 0.29) is 12.3 Å². The Kier molecular flexibility index (Phi) is 7.22. The number of thiophene rings is 1. The first-order valence-electron chi connectivity index (χ1n) is 12.4. The van der Waals surface area contributed by atoms with Gasteiger partial charge in [-0.25, -0.2) is 0 Å². The van der Waals surface area contributed by atoms with Gasteiger partial charge in [-0.3, -0.25) is 9.69 Å². The number of fused-ring (bicyclic) bond motifs is 1. The van der Waals surface area contributed by atoms with E-state index in [2.05, 4.69) is 58.4 Å². The lowest BCUT2D eigenvalue weighted by molar-refractivity contribution is -0.137. The average molecular weight is 486 g/mol. The summed E-state index contributed by atoms with van der Waals surface area (Å²) in [5.74, 6) is 6.29. The van der Waals surface area contributed by atoms with E-state index in [9.17, 15) is 4.79 Å². The highest BCUT2D eigenvalue weighted by Gasteiger charge is 2.28. The second-order valence-electron chi connectivity index (χ2n) is 9.55. The van der Waals surface area contributed by atoms with E-state index in [1.54, 1.807) is 22.2 Å². The lowest BCUT2D eigenvalue weighted by Gasteiger charge is -2.27. The highest BCUT2D eigenvalue weighted by Crippen LogP contribution is 2.45. The zero-order chi connectivity index (χ0) is 24.2. The number of rotatable bonds is 9. The van der Waals surface area contributed by atoms with Crippen molar-refractivity contribution >= 4 is 17.3 Å². The summed E-state index contributed by atoms with van der Waals surface area (Å²) in [7, 11) is 0. The minimum Gasteiger partial charge on any atom is -0.489 e. The fraction of sp³-hybridized carbons (Fsp3) is 0.367. The summed E-state index contributed by atoms with van der Waals surface area (Å²) in [5, 5.41) is 9.13. The summed E-state index contributed by atoms with van der Waals surface area (Å²) in [5.41, 5.74) is 4.91. The van der Waals surface area contributed by atoms with Gasteiger partial charge in [-0.1, -0.05) is 42.3 Å². The molecule has 1 aromatic heterocycles. The average Bonchev–Trinajstić information content (AvgIpc) is 3.62. The molecule has 4 nitrogen and oxygen atoms in total. The van der Waals surface area contributed by atoms with Crippen molar-refractivity contribution in [1.29, 1.82) is 0 Å². The van der Waals surface area contributed by atoms with Gasteiger partial charge in [-0.2, -0.15) is 0 Å². The molecule has 1 atom stereocenters. The van der Waals surface area contributed by atoms with Gasteiger partial charge in [0.05, 0.1) is 12.3 Å². The Balaban J connectivity index is 1.16. The number of aliphatic carboxylic acids is 1. The van der Waals surface area contributed by atoms with Gasteiger partial charge in [-0.05, 0) is 72.6 Å². The predicted molar refractivity (Wildman–Crippen MR) is 140 cm³/mol. The van der Waals surface area contributed by atoms with Crippen molar-refractivity contribution in [2.75, 3.05) is 6.54 Å². The second-order valence-corrected chi connectivity index (χ2v) is 10.7. The van der Waals surface area contributed by atoms with Gasteiger partial charge in [0.1, 0.15) is 12.4 Å². The van der Waals surface area contributed by atoms with Crippen molar-refractivity contribution in [2.24, 2.45) is 0 Å². The molecule has 0 saturated heterocycles. The van der Waals surface area contributed by atoms with Crippen molar-refractivity contribution in [2.45, 2.75) is 64.1 Å². The molecule has 1 aliphatic carbocycles. The van der Waals surface area contributed by atoms with Crippen LogP contribution in [-0.4, -0.2) is 22.5 Å². The second kappa shape index (κ2) is 10.7. The molecule has 180 valence electrons. The third-order valence-corrected chi connectivity index (χ3v) is 8.13. The molecule has 1 fully saturated rings. The maximum Gasteiger partial charge on any atom is 0.304 e. The monoisotopic (exact) mass is 485 g/mol. The summed E-state index contributed by atoms with van der Waals surface area (Å²) in [6.07, 6.45) is 3.92. The highest BCUT2D eigenvalue weighted by molar-refractivity contribution is 7.12. The summed E-state index contributed by atoms with van der Waals surface area (Å²) >= 11 is 2.05. The fourth-order valence-corrected chi connectivity index (χ4v) is 6.09. The van der Waals surface area contributed by atoms with Gasteiger partial charge in [0.2, 0.25) is 0 Å². The third-order valence-electron chi connectivity index (χ3n) is 6.73. The van der Waals surface area contributed by atoms with Crippen molar-refractivity contribution in [3.8, 4) is 17.6 Å². The zero-order valence-electron chi connectivity index (χ0n) is 20.1. The third kappa shape index (κ3) is 6.14. The Morgan fingerprint density at radius 1 is 1.17 bits per heavy atom. The molecular weight excluding hydrogens is 454 g/mol. The van der Waals surface area contributed by atoms with E-state index >= 15 is 0 Å². The van der Waals surface area contributed by atoms with Crippen LogP contribution in [0.1, 0.15) is 70.0 Å². The smallest absolute Gasteiger partial charge is 0.304 e. The van der Waals surface area contributed by atoms with Crippen LogP contribution in [0.3, 0.4) is 0 Å². The van der Waals surface area contributed by atoms with E-state index in [1.165, 1.54) is 24.8 Å². The molecule has 2 aromatic carbocycles. The van der Waals surface area contributed by atoms with Crippen LogP contribution < -0.4 is 4.74 Å². The van der Waals surface area contributed by atoms with Gasteiger partial charge < -0.3 is 9.84 Å². The van der Waals surface area contributed by atoms with Gasteiger partial charge in [0.25, 0.3) is 0 Å². The standard InChI is InChI=1S/C30H31NO3S/c1-2-4-25(17-30(32)33)23-9-11-27(12-10-23)34-20-22-6-3-5-21(15-22)18-31-14-13-28-26(19-31)16-29(35-28)24-7-8-24/h3,5-6,9-12,15-16,24-25H,7-8,13-14,17-20H2,1H3,(H,32,33)/t25-/m0/s1. The largest absolute Gasteiger partial charge is 0.489 e. The molecule has 5 rings (SSSR count). The molecule has 0 amide bonds. The van der Waals surface area contributed by atoms with Crippen molar-refractivity contribution in [3.63, 3.8) is 0 Å². The van der Waals surface area contributed by atoms with Crippen LogP contribution >= 0.6 is 11.3 Å². The van der Waals surface area contributed by atoms with Crippen LogP contribution in [0, 0.1) is 11.8 Å². The summed E-state index contributed by atoms with van der Waals surface area (Å²) in [6.45, 7) is 5.36. The Morgan fingerprint density at radius 3 is 2.71 bits per heavy atom. The Hall–Kier alpha value is -3.07. The van der Waals surface area contributed by atoms with E-state index in [0.717, 1.165) is 42.4 Å². The number of nitrogens with zero attached hydrogens (tertiary/aromatic N) is 1. The van der Waals surface area contributed by atoms with Gasteiger partial charge in [0.15, 0.2) is 0 Å². The minimum absolute atomic E-state index is 0.000255. The molecule has 1 aliphatic heterocycles.